The lowest BCUT2D eigenvalue weighted by Crippen LogP contribution is -2.30. The molecule has 0 aliphatic rings. The van der Waals surface area contributed by atoms with Gasteiger partial charge < -0.3 is 33.8 Å². The third-order valence-corrected chi connectivity index (χ3v) is 16.2. The van der Waals surface area contributed by atoms with E-state index in [2.05, 4.69) is 34.6 Å². The molecule has 0 saturated carbocycles. The van der Waals surface area contributed by atoms with Gasteiger partial charge in [-0.2, -0.15) is 0 Å². The number of ether oxygens (including phenoxy) is 4. The molecule has 0 spiro atoms. The molecular formula is C62H120O17P2. The first-order valence-electron chi connectivity index (χ1n) is 32.6. The summed E-state index contributed by atoms with van der Waals surface area (Å²) in [7, 11) is -9.87. The van der Waals surface area contributed by atoms with Gasteiger partial charge >= 0.3 is 39.5 Å². The van der Waals surface area contributed by atoms with E-state index in [9.17, 15) is 43.2 Å². The average Bonchev–Trinajstić information content (AvgIpc) is 3.43. The molecule has 0 heterocycles. The number of phosphoric acid groups is 2. The Hall–Kier alpha value is -1.94. The van der Waals surface area contributed by atoms with E-state index in [0.29, 0.717) is 25.7 Å². The van der Waals surface area contributed by atoms with Crippen molar-refractivity contribution >= 4 is 39.5 Å². The predicted molar refractivity (Wildman–Crippen MR) is 322 cm³/mol. The van der Waals surface area contributed by atoms with Crippen LogP contribution in [0.4, 0.5) is 0 Å². The maximum atomic E-state index is 13.0. The maximum Gasteiger partial charge on any atom is 0.472 e. The molecule has 0 fully saturated rings. The zero-order valence-electron chi connectivity index (χ0n) is 51.9. The van der Waals surface area contributed by atoms with Crippen LogP contribution in [0.25, 0.3) is 0 Å². The van der Waals surface area contributed by atoms with E-state index >= 15 is 0 Å². The lowest BCUT2D eigenvalue weighted by molar-refractivity contribution is -0.161. The maximum absolute atomic E-state index is 13.0. The summed E-state index contributed by atoms with van der Waals surface area (Å²) in [5.74, 6) is -1.37. The second kappa shape index (κ2) is 55.9. The number of hydrogen-bond acceptors (Lipinski definition) is 15. The number of hydrogen-bond donors (Lipinski definition) is 3. The van der Waals surface area contributed by atoms with Crippen molar-refractivity contribution in [3.63, 3.8) is 0 Å². The molecule has 3 N–H and O–H groups in total. The number of carbonyl (C=O) groups is 4. The van der Waals surface area contributed by atoms with Crippen molar-refractivity contribution in [1.29, 1.82) is 0 Å². The predicted octanol–water partition coefficient (Wildman–Crippen LogP) is 17.0. The standard InChI is InChI=1S/C62H120O17P2/c1-6-9-12-15-17-19-20-24-28-31-36-41-46-60(65)73-52-58(79-62(67)48-43-38-33-29-25-22-21-23-27-30-35-39-44-55(4)5)54-77-81(70,71)75-50-56(63)49-74-80(68,69)76-53-57(51-72-59(64)45-40-34-14-11-8-3)78-61(66)47-42-37-32-26-18-16-13-10-7-2/h55-58,63H,6-54H2,1-5H3,(H,68,69)(H,70,71)/t56-,57+,58+/m0/s1. The SMILES string of the molecule is CCCCCCCCCCCCCCC(=O)OC[C@H](COP(=O)(O)OC[C@@H](O)COP(=O)(O)OC[C@@H](COC(=O)CCCCCCC)OC(=O)CCCCCCCCCCC)OC(=O)CCCCCCCCCCCCCCC(C)C. The summed E-state index contributed by atoms with van der Waals surface area (Å²) in [6.07, 6.45) is 39.2. The van der Waals surface area contributed by atoms with Gasteiger partial charge in [0, 0.05) is 25.7 Å². The molecule has 2 unspecified atom stereocenters. The van der Waals surface area contributed by atoms with Crippen LogP contribution < -0.4 is 0 Å². The highest BCUT2D eigenvalue weighted by atomic mass is 31.2. The Bertz CT molecular complexity index is 1580. The van der Waals surface area contributed by atoms with E-state index in [1.165, 1.54) is 128 Å². The van der Waals surface area contributed by atoms with Crippen molar-refractivity contribution in [2.75, 3.05) is 39.6 Å². The fourth-order valence-electron chi connectivity index (χ4n) is 9.23. The topological polar surface area (TPSA) is 237 Å². The Kier molecular flexibility index (Phi) is 54.6. The number of aliphatic hydroxyl groups is 1. The Balaban J connectivity index is 5.17. The van der Waals surface area contributed by atoms with Gasteiger partial charge in [-0.25, -0.2) is 9.13 Å². The molecular weight excluding hydrogens is 1080 g/mol. The molecule has 0 rings (SSSR count). The van der Waals surface area contributed by atoms with Crippen molar-refractivity contribution in [1.82, 2.24) is 0 Å². The lowest BCUT2D eigenvalue weighted by Gasteiger charge is -2.21. The summed E-state index contributed by atoms with van der Waals surface area (Å²) in [6.45, 7) is 7.09. The van der Waals surface area contributed by atoms with E-state index < -0.39 is 97.5 Å². The molecule has 5 atom stereocenters. The Labute approximate surface area is 492 Å². The lowest BCUT2D eigenvalue weighted by atomic mass is 10.0. The van der Waals surface area contributed by atoms with Crippen molar-refractivity contribution in [2.45, 2.75) is 329 Å². The minimum absolute atomic E-state index is 0.105. The van der Waals surface area contributed by atoms with Gasteiger partial charge in [0.25, 0.3) is 0 Å². The van der Waals surface area contributed by atoms with Crippen LogP contribution in [0.1, 0.15) is 311 Å². The summed E-state index contributed by atoms with van der Waals surface area (Å²) in [4.78, 5) is 71.8. The Morgan fingerprint density at radius 2 is 0.568 bits per heavy atom. The van der Waals surface area contributed by atoms with Crippen LogP contribution in [-0.2, 0) is 65.4 Å². The molecule has 0 saturated heterocycles. The second-order valence-corrected chi connectivity index (χ2v) is 25.8. The van der Waals surface area contributed by atoms with E-state index in [1.54, 1.807) is 0 Å². The molecule has 0 aromatic carbocycles. The van der Waals surface area contributed by atoms with Crippen LogP contribution in [0.15, 0.2) is 0 Å². The summed E-state index contributed by atoms with van der Waals surface area (Å²) in [5.41, 5.74) is 0. The first-order chi connectivity index (χ1) is 39.0. The molecule has 0 radical (unpaired) electrons. The first-order valence-corrected chi connectivity index (χ1v) is 35.6. The Morgan fingerprint density at radius 1 is 0.333 bits per heavy atom. The second-order valence-electron chi connectivity index (χ2n) is 22.9. The van der Waals surface area contributed by atoms with Crippen LogP contribution in [0.2, 0.25) is 0 Å². The van der Waals surface area contributed by atoms with Crippen LogP contribution in [0.5, 0.6) is 0 Å². The monoisotopic (exact) mass is 1200 g/mol. The smallest absolute Gasteiger partial charge is 0.462 e. The van der Waals surface area contributed by atoms with Crippen LogP contribution in [-0.4, -0.2) is 96.7 Å². The number of carbonyl (C=O) groups excluding carboxylic acids is 4. The molecule has 17 nitrogen and oxygen atoms in total. The molecule has 0 aromatic heterocycles. The van der Waals surface area contributed by atoms with E-state index in [1.807, 2.05) is 0 Å². The summed E-state index contributed by atoms with van der Waals surface area (Å²) in [5, 5.41) is 10.5. The highest BCUT2D eigenvalue weighted by Crippen LogP contribution is 2.45. The van der Waals surface area contributed by atoms with Crippen molar-refractivity contribution in [3.05, 3.63) is 0 Å². The van der Waals surface area contributed by atoms with Gasteiger partial charge in [0.2, 0.25) is 0 Å². The van der Waals surface area contributed by atoms with Gasteiger partial charge in [-0.3, -0.25) is 37.3 Å². The molecule has 81 heavy (non-hydrogen) atoms. The van der Waals surface area contributed by atoms with E-state index in [4.69, 9.17) is 37.0 Å². The quantitative estimate of drug-likeness (QED) is 0.0222. The fourth-order valence-corrected chi connectivity index (χ4v) is 10.8. The van der Waals surface area contributed by atoms with Gasteiger partial charge in [0.1, 0.15) is 19.3 Å². The molecule has 0 aliphatic heterocycles. The van der Waals surface area contributed by atoms with Crippen molar-refractivity contribution in [3.8, 4) is 0 Å². The molecule has 0 aromatic rings. The minimum atomic E-state index is -4.94. The van der Waals surface area contributed by atoms with Crippen LogP contribution >= 0.6 is 15.6 Å². The highest BCUT2D eigenvalue weighted by Gasteiger charge is 2.30. The summed E-state index contributed by atoms with van der Waals surface area (Å²) < 4.78 is 67.7. The van der Waals surface area contributed by atoms with Crippen molar-refractivity contribution < 1.29 is 80.2 Å². The highest BCUT2D eigenvalue weighted by molar-refractivity contribution is 7.47. The zero-order valence-corrected chi connectivity index (χ0v) is 53.7. The molecule has 0 bridgehead atoms. The molecule has 0 amide bonds. The largest absolute Gasteiger partial charge is 0.472 e. The third-order valence-electron chi connectivity index (χ3n) is 14.3. The van der Waals surface area contributed by atoms with Gasteiger partial charge in [0.05, 0.1) is 26.4 Å². The van der Waals surface area contributed by atoms with E-state index in [0.717, 1.165) is 102 Å². The first kappa shape index (κ1) is 79.1. The Morgan fingerprint density at radius 3 is 0.840 bits per heavy atom. The summed E-state index contributed by atoms with van der Waals surface area (Å²) >= 11 is 0. The number of rotatable bonds is 62. The summed E-state index contributed by atoms with van der Waals surface area (Å²) in [6, 6.07) is 0. The number of phosphoric ester groups is 2. The number of unbranched alkanes of at least 4 members (excludes halogenated alkanes) is 34. The van der Waals surface area contributed by atoms with Gasteiger partial charge in [0.15, 0.2) is 12.2 Å². The van der Waals surface area contributed by atoms with Gasteiger partial charge in [-0.1, -0.05) is 259 Å². The number of aliphatic hydroxyl groups excluding tert-OH is 1. The number of esters is 4. The molecule has 19 heteroatoms. The minimum Gasteiger partial charge on any atom is -0.462 e. The third kappa shape index (κ3) is 56.9. The van der Waals surface area contributed by atoms with Crippen LogP contribution in [0.3, 0.4) is 0 Å². The normalized spacial score (nSPS) is 14.3. The zero-order chi connectivity index (χ0) is 59.9. The molecule has 480 valence electrons. The van der Waals surface area contributed by atoms with Gasteiger partial charge in [-0.15, -0.1) is 0 Å². The van der Waals surface area contributed by atoms with Crippen molar-refractivity contribution in [2.24, 2.45) is 5.92 Å². The molecule has 0 aliphatic carbocycles. The van der Waals surface area contributed by atoms with Gasteiger partial charge in [-0.05, 0) is 31.6 Å². The van der Waals surface area contributed by atoms with E-state index in [-0.39, 0.29) is 25.7 Å². The fraction of sp³-hybridized carbons (Fsp3) is 0.935. The average molecular weight is 1200 g/mol. The van der Waals surface area contributed by atoms with Crippen LogP contribution in [0, 0.1) is 5.92 Å².